The maximum atomic E-state index is 9.93. The predicted molar refractivity (Wildman–Crippen MR) is 73.6 cm³/mol. The van der Waals surface area contributed by atoms with Crippen LogP contribution in [-0.2, 0) is 4.74 Å². The van der Waals surface area contributed by atoms with Crippen LogP contribution in [0.5, 0.6) is 0 Å². The summed E-state index contributed by atoms with van der Waals surface area (Å²) in [5.41, 5.74) is 0.341. The van der Waals surface area contributed by atoms with Crippen molar-refractivity contribution in [2.45, 2.75) is 58.1 Å². The second-order valence-corrected chi connectivity index (χ2v) is 6.80. The fraction of sp³-hybridized carbons (Fsp3) is 1.00. The molecule has 3 heteroatoms. The first kappa shape index (κ1) is 14.3. The van der Waals surface area contributed by atoms with Crippen LogP contribution in [0.4, 0.5) is 0 Å². The number of ether oxygens (including phenoxy) is 1. The summed E-state index contributed by atoms with van der Waals surface area (Å²) >= 11 is 0. The Bertz CT molecular complexity index is 265. The van der Waals surface area contributed by atoms with Crippen LogP contribution in [0, 0.1) is 11.3 Å². The number of aliphatic hydroxyl groups excluding tert-OH is 1. The Balaban J connectivity index is 1.93. The van der Waals surface area contributed by atoms with Gasteiger partial charge in [0.05, 0.1) is 19.3 Å². The van der Waals surface area contributed by atoms with Gasteiger partial charge in [-0.15, -0.1) is 0 Å². The molecule has 0 aromatic carbocycles. The minimum atomic E-state index is -0.0870. The zero-order chi connectivity index (χ0) is 13.2. The first-order valence-corrected chi connectivity index (χ1v) is 7.50. The van der Waals surface area contributed by atoms with Gasteiger partial charge >= 0.3 is 0 Å². The zero-order valence-corrected chi connectivity index (χ0v) is 12.2. The van der Waals surface area contributed by atoms with Gasteiger partial charge in [0.2, 0.25) is 0 Å². The lowest BCUT2D eigenvalue weighted by Crippen LogP contribution is -2.53. The van der Waals surface area contributed by atoms with Crippen LogP contribution in [0.1, 0.15) is 46.0 Å². The van der Waals surface area contributed by atoms with Crippen molar-refractivity contribution in [3.8, 4) is 0 Å². The lowest BCUT2D eigenvalue weighted by Gasteiger charge is -2.46. The van der Waals surface area contributed by atoms with Crippen molar-refractivity contribution in [3.63, 3.8) is 0 Å². The maximum absolute atomic E-state index is 9.93. The molecule has 0 amide bonds. The standard InChI is InChI=1S/C15H29NO2/c1-4-5-12-6-7-13(17)8-14(12)16(3)9-15(2)10-18-11-15/h12-14,17H,4-11H2,1-3H3. The van der Waals surface area contributed by atoms with Crippen LogP contribution >= 0.6 is 0 Å². The van der Waals surface area contributed by atoms with E-state index in [0.29, 0.717) is 11.5 Å². The molecule has 1 heterocycles. The molecule has 3 unspecified atom stereocenters. The Morgan fingerprint density at radius 2 is 2.06 bits per heavy atom. The fourth-order valence-electron chi connectivity index (χ4n) is 3.70. The predicted octanol–water partition coefficient (Wildman–Crippen LogP) is 2.28. The minimum absolute atomic E-state index is 0.0870. The van der Waals surface area contributed by atoms with E-state index in [-0.39, 0.29) is 6.10 Å². The first-order chi connectivity index (χ1) is 8.54. The average molecular weight is 255 g/mol. The van der Waals surface area contributed by atoms with Gasteiger partial charge in [-0.05, 0) is 38.6 Å². The van der Waals surface area contributed by atoms with Gasteiger partial charge in [-0.1, -0.05) is 20.3 Å². The van der Waals surface area contributed by atoms with Crippen LogP contribution in [0.2, 0.25) is 0 Å². The van der Waals surface area contributed by atoms with Crippen molar-refractivity contribution in [1.82, 2.24) is 4.90 Å². The lowest BCUT2D eigenvalue weighted by molar-refractivity contribution is -0.121. The van der Waals surface area contributed by atoms with E-state index >= 15 is 0 Å². The van der Waals surface area contributed by atoms with E-state index in [2.05, 4.69) is 25.8 Å². The molecule has 0 aromatic heterocycles. The molecule has 0 spiro atoms. The molecule has 1 saturated carbocycles. The zero-order valence-electron chi connectivity index (χ0n) is 12.2. The van der Waals surface area contributed by atoms with E-state index in [0.717, 1.165) is 38.5 Å². The average Bonchev–Trinajstić information content (AvgIpc) is 2.29. The van der Waals surface area contributed by atoms with Crippen LogP contribution in [-0.4, -0.2) is 49.0 Å². The normalized spacial score (nSPS) is 35.5. The van der Waals surface area contributed by atoms with Gasteiger partial charge in [-0.25, -0.2) is 0 Å². The van der Waals surface area contributed by atoms with Gasteiger partial charge < -0.3 is 14.7 Å². The molecule has 2 rings (SSSR count). The van der Waals surface area contributed by atoms with E-state index in [4.69, 9.17) is 4.74 Å². The number of aliphatic hydroxyl groups is 1. The van der Waals surface area contributed by atoms with Crippen molar-refractivity contribution < 1.29 is 9.84 Å². The molecule has 0 aromatic rings. The summed E-state index contributed by atoms with van der Waals surface area (Å²) in [6.07, 6.45) is 5.61. The monoisotopic (exact) mass is 255 g/mol. The Morgan fingerprint density at radius 1 is 1.33 bits per heavy atom. The van der Waals surface area contributed by atoms with Crippen molar-refractivity contribution in [1.29, 1.82) is 0 Å². The Kier molecular flexibility index (Phi) is 4.68. The summed E-state index contributed by atoms with van der Waals surface area (Å²) in [7, 11) is 2.23. The maximum Gasteiger partial charge on any atom is 0.0555 e. The van der Waals surface area contributed by atoms with Gasteiger partial charge in [-0.2, -0.15) is 0 Å². The van der Waals surface area contributed by atoms with E-state index in [1.807, 2.05) is 0 Å². The highest BCUT2D eigenvalue weighted by Crippen LogP contribution is 2.34. The molecule has 3 nitrogen and oxygen atoms in total. The quantitative estimate of drug-likeness (QED) is 0.818. The number of nitrogens with zero attached hydrogens (tertiary/aromatic N) is 1. The highest BCUT2D eigenvalue weighted by Gasteiger charge is 2.38. The van der Waals surface area contributed by atoms with E-state index in [1.54, 1.807) is 0 Å². The molecule has 1 aliphatic carbocycles. The fourth-order valence-corrected chi connectivity index (χ4v) is 3.70. The number of hydrogen-bond donors (Lipinski definition) is 1. The largest absolute Gasteiger partial charge is 0.393 e. The summed E-state index contributed by atoms with van der Waals surface area (Å²) in [5, 5.41) is 9.93. The van der Waals surface area contributed by atoms with Crippen molar-refractivity contribution in [2.24, 2.45) is 11.3 Å². The van der Waals surface area contributed by atoms with Crippen molar-refractivity contribution in [2.75, 3.05) is 26.8 Å². The van der Waals surface area contributed by atoms with E-state index in [1.165, 1.54) is 19.3 Å². The van der Waals surface area contributed by atoms with E-state index < -0.39 is 0 Å². The third kappa shape index (κ3) is 3.25. The van der Waals surface area contributed by atoms with Crippen LogP contribution in [0.25, 0.3) is 0 Å². The molecule has 3 atom stereocenters. The second kappa shape index (κ2) is 5.89. The van der Waals surface area contributed by atoms with Crippen LogP contribution < -0.4 is 0 Å². The molecule has 1 N–H and O–H groups in total. The first-order valence-electron chi connectivity index (χ1n) is 7.50. The minimum Gasteiger partial charge on any atom is -0.393 e. The summed E-state index contributed by atoms with van der Waals surface area (Å²) in [6.45, 7) is 7.46. The van der Waals surface area contributed by atoms with Crippen molar-refractivity contribution >= 4 is 0 Å². The molecule has 106 valence electrons. The molecule has 1 aliphatic heterocycles. The van der Waals surface area contributed by atoms with Gasteiger partial charge in [0.25, 0.3) is 0 Å². The van der Waals surface area contributed by atoms with Gasteiger partial charge in [-0.3, -0.25) is 0 Å². The smallest absolute Gasteiger partial charge is 0.0555 e. The van der Waals surface area contributed by atoms with Gasteiger partial charge in [0, 0.05) is 18.0 Å². The molecule has 2 fully saturated rings. The van der Waals surface area contributed by atoms with Crippen LogP contribution in [0.15, 0.2) is 0 Å². The highest BCUT2D eigenvalue weighted by molar-refractivity contribution is 4.90. The highest BCUT2D eigenvalue weighted by atomic mass is 16.5. The summed E-state index contributed by atoms with van der Waals surface area (Å²) in [6, 6.07) is 0.561. The lowest BCUT2D eigenvalue weighted by atomic mass is 9.78. The number of hydrogen-bond acceptors (Lipinski definition) is 3. The topological polar surface area (TPSA) is 32.7 Å². The molecule has 2 aliphatic rings. The number of rotatable bonds is 5. The van der Waals surface area contributed by atoms with E-state index in [9.17, 15) is 5.11 Å². The third-order valence-corrected chi connectivity index (χ3v) is 4.69. The van der Waals surface area contributed by atoms with Gasteiger partial charge in [0.1, 0.15) is 0 Å². The summed E-state index contributed by atoms with van der Waals surface area (Å²) in [5.74, 6) is 0.771. The summed E-state index contributed by atoms with van der Waals surface area (Å²) < 4.78 is 5.35. The SMILES string of the molecule is CCCC1CCC(O)CC1N(C)CC1(C)COC1. The Hall–Kier alpha value is -0.120. The van der Waals surface area contributed by atoms with Crippen molar-refractivity contribution in [3.05, 3.63) is 0 Å². The van der Waals surface area contributed by atoms with Gasteiger partial charge in [0.15, 0.2) is 0 Å². The molecule has 18 heavy (non-hydrogen) atoms. The molecule has 0 radical (unpaired) electrons. The molecule has 1 saturated heterocycles. The molecule has 0 bridgehead atoms. The molecular formula is C15H29NO2. The third-order valence-electron chi connectivity index (χ3n) is 4.69. The van der Waals surface area contributed by atoms with Crippen LogP contribution in [0.3, 0.4) is 0 Å². The Labute approximate surface area is 112 Å². The second-order valence-electron chi connectivity index (χ2n) is 6.80. The summed E-state index contributed by atoms with van der Waals surface area (Å²) in [4.78, 5) is 2.49. The molecular weight excluding hydrogens is 226 g/mol. The Morgan fingerprint density at radius 3 is 2.61 bits per heavy atom.